The molecule has 1 aliphatic rings. The van der Waals surface area contributed by atoms with Crippen molar-refractivity contribution in [2.75, 3.05) is 20.5 Å². The molecule has 0 radical (unpaired) electrons. The van der Waals surface area contributed by atoms with Gasteiger partial charge in [0, 0.05) is 11.6 Å². The van der Waals surface area contributed by atoms with Crippen LogP contribution in [0.2, 0.25) is 0 Å². The molecule has 3 rings (SSSR count). The van der Waals surface area contributed by atoms with Crippen LogP contribution in [-0.4, -0.2) is 26.5 Å². The molecule has 0 saturated heterocycles. The van der Waals surface area contributed by atoms with Crippen molar-refractivity contribution in [2.24, 2.45) is 5.92 Å². The average Bonchev–Trinajstić information content (AvgIpc) is 2.97. The molecule has 0 aliphatic heterocycles. The van der Waals surface area contributed by atoms with E-state index in [0.29, 0.717) is 6.61 Å². The highest BCUT2D eigenvalue weighted by molar-refractivity contribution is 9.10. The Hall–Kier alpha value is -1.59. The molecule has 4 nitrogen and oxygen atoms in total. The van der Waals surface area contributed by atoms with Crippen molar-refractivity contribution in [3.05, 3.63) is 39.9 Å². The first-order valence-electron chi connectivity index (χ1n) is 7.66. The Morgan fingerprint density at radius 2 is 2.13 bits per heavy atom. The summed E-state index contributed by atoms with van der Waals surface area (Å²) in [4.78, 5) is 12.0. The summed E-state index contributed by atoms with van der Waals surface area (Å²) in [5, 5.41) is 2.24. The van der Waals surface area contributed by atoms with Crippen LogP contribution in [0, 0.1) is 5.92 Å². The fourth-order valence-corrected chi connectivity index (χ4v) is 3.84. The summed E-state index contributed by atoms with van der Waals surface area (Å²) in [6.07, 6.45) is 1.47. The Labute approximate surface area is 143 Å². The Bertz CT molecular complexity index is 741. The lowest BCUT2D eigenvalue weighted by molar-refractivity contribution is -0.147. The third-order valence-electron chi connectivity index (χ3n) is 4.13. The summed E-state index contributed by atoms with van der Waals surface area (Å²) in [5.41, 5.74) is 2.45. The second kappa shape index (κ2) is 6.89. The Balaban J connectivity index is 1.96. The summed E-state index contributed by atoms with van der Waals surface area (Å²) >= 11 is 3.64. The van der Waals surface area contributed by atoms with E-state index in [2.05, 4.69) is 28.1 Å². The van der Waals surface area contributed by atoms with Crippen molar-refractivity contribution >= 4 is 32.7 Å². The van der Waals surface area contributed by atoms with Gasteiger partial charge in [0.2, 0.25) is 0 Å². The third-order valence-corrected chi connectivity index (χ3v) is 4.75. The summed E-state index contributed by atoms with van der Waals surface area (Å²) in [5.74, 6) is 0.575. The van der Waals surface area contributed by atoms with E-state index in [9.17, 15) is 4.79 Å². The molecular formula is C18H19BrO4. The van der Waals surface area contributed by atoms with Gasteiger partial charge in [-0.3, -0.25) is 4.79 Å². The number of carbonyl (C=O) groups excluding carboxylic acids is 1. The average molecular weight is 379 g/mol. The maximum atomic E-state index is 12.0. The molecule has 5 heteroatoms. The van der Waals surface area contributed by atoms with E-state index >= 15 is 0 Å². The van der Waals surface area contributed by atoms with Crippen LogP contribution < -0.4 is 4.74 Å². The molecule has 0 bridgehead atoms. The minimum Gasteiger partial charge on any atom is -0.468 e. The Morgan fingerprint density at radius 1 is 1.30 bits per heavy atom. The third kappa shape index (κ3) is 3.21. The molecule has 2 aromatic carbocycles. The van der Waals surface area contributed by atoms with E-state index in [1.54, 1.807) is 7.11 Å². The van der Waals surface area contributed by atoms with Crippen LogP contribution in [0.5, 0.6) is 5.75 Å². The maximum absolute atomic E-state index is 12.0. The number of hydrogen-bond donors (Lipinski definition) is 0. The van der Waals surface area contributed by atoms with Gasteiger partial charge in [-0.1, -0.05) is 28.1 Å². The first-order chi connectivity index (χ1) is 11.1. The first kappa shape index (κ1) is 16.3. The molecule has 1 aliphatic carbocycles. The largest absolute Gasteiger partial charge is 0.468 e. The highest BCUT2D eigenvalue weighted by Gasteiger charge is 2.30. The summed E-state index contributed by atoms with van der Waals surface area (Å²) in [6.45, 7) is 2.48. The molecule has 0 heterocycles. The summed E-state index contributed by atoms with van der Waals surface area (Å²) in [6, 6.07) is 8.12. The highest BCUT2D eigenvalue weighted by Crippen LogP contribution is 2.39. The normalized spacial score (nSPS) is 16.4. The van der Waals surface area contributed by atoms with Crippen molar-refractivity contribution < 1.29 is 19.0 Å². The molecule has 0 fully saturated rings. The second-order valence-corrected chi connectivity index (χ2v) is 6.47. The minimum absolute atomic E-state index is 0.0770. The monoisotopic (exact) mass is 378 g/mol. The molecule has 23 heavy (non-hydrogen) atoms. The van der Waals surface area contributed by atoms with Gasteiger partial charge in [-0.2, -0.15) is 0 Å². The van der Waals surface area contributed by atoms with Crippen LogP contribution in [0.3, 0.4) is 0 Å². The smallest absolute Gasteiger partial charge is 0.309 e. The van der Waals surface area contributed by atoms with E-state index in [1.165, 1.54) is 11.1 Å². The number of methoxy groups -OCH3 is 1. The Morgan fingerprint density at radius 3 is 2.87 bits per heavy atom. The number of rotatable bonds is 5. The van der Waals surface area contributed by atoms with Crippen molar-refractivity contribution in [3.8, 4) is 5.75 Å². The van der Waals surface area contributed by atoms with Gasteiger partial charge in [-0.25, -0.2) is 0 Å². The fraction of sp³-hybridized carbons (Fsp3) is 0.389. The van der Waals surface area contributed by atoms with Gasteiger partial charge in [-0.15, -0.1) is 0 Å². The molecule has 0 aromatic heterocycles. The zero-order chi connectivity index (χ0) is 16.4. The van der Waals surface area contributed by atoms with Crippen LogP contribution in [0.25, 0.3) is 10.8 Å². The number of fused-ring (bicyclic) bond motifs is 3. The highest BCUT2D eigenvalue weighted by atomic mass is 79.9. The van der Waals surface area contributed by atoms with E-state index in [-0.39, 0.29) is 18.7 Å². The van der Waals surface area contributed by atoms with Gasteiger partial charge in [0.05, 0.1) is 12.5 Å². The zero-order valence-electron chi connectivity index (χ0n) is 13.2. The second-order valence-electron chi connectivity index (χ2n) is 5.61. The van der Waals surface area contributed by atoms with Crippen molar-refractivity contribution in [2.45, 2.75) is 19.8 Å². The molecule has 0 saturated carbocycles. The lowest BCUT2D eigenvalue weighted by Crippen LogP contribution is -2.17. The molecule has 0 amide bonds. The van der Waals surface area contributed by atoms with E-state index in [4.69, 9.17) is 14.2 Å². The molecule has 0 spiro atoms. The molecule has 1 atom stereocenters. The van der Waals surface area contributed by atoms with Crippen LogP contribution in [-0.2, 0) is 27.1 Å². The van der Waals surface area contributed by atoms with Gasteiger partial charge in [0.15, 0.2) is 6.79 Å². The molecule has 0 N–H and O–H groups in total. The number of esters is 1. The molecule has 122 valence electrons. The first-order valence-corrected chi connectivity index (χ1v) is 8.45. The lowest BCUT2D eigenvalue weighted by atomic mass is 10.0. The molecule has 1 unspecified atom stereocenters. The van der Waals surface area contributed by atoms with Crippen molar-refractivity contribution in [3.63, 3.8) is 0 Å². The van der Waals surface area contributed by atoms with Crippen LogP contribution >= 0.6 is 15.9 Å². The van der Waals surface area contributed by atoms with Crippen LogP contribution in [0.4, 0.5) is 0 Å². The van der Waals surface area contributed by atoms with Crippen LogP contribution in [0.1, 0.15) is 18.1 Å². The quantitative estimate of drug-likeness (QED) is 0.585. The number of ether oxygens (including phenoxy) is 3. The number of hydrogen-bond acceptors (Lipinski definition) is 4. The van der Waals surface area contributed by atoms with E-state index in [0.717, 1.165) is 33.8 Å². The fourth-order valence-electron chi connectivity index (χ4n) is 3.15. The van der Waals surface area contributed by atoms with Gasteiger partial charge in [0.1, 0.15) is 5.75 Å². The van der Waals surface area contributed by atoms with E-state index < -0.39 is 0 Å². The van der Waals surface area contributed by atoms with Gasteiger partial charge < -0.3 is 14.2 Å². The van der Waals surface area contributed by atoms with Gasteiger partial charge in [-0.05, 0) is 53.8 Å². The topological polar surface area (TPSA) is 44.8 Å². The van der Waals surface area contributed by atoms with Crippen molar-refractivity contribution in [1.29, 1.82) is 0 Å². The zero-order valence-corrected chi connectivity index (χ0v) is 14.8. The van der Waals surface area contributed by atoms with E-state index in [1.807, 2.05) is 19.1 Å². The van der Waals surface area contributed by atoms with Gasteiger partial charge in [0.25, 0.3) is 0 Å². The number of carbonyl (C=O) groups is 1. The standard InChI is InChI=1S/C18H19BrO4/c1-3-22-18(20)13-6-11-4-5-12-7-14(23-10-21-2)9-16(19)17(12)15(11)8-13/h4-5,7,9,13H,3,6,8,10H2,1-2H3. The van der Waals surface area contributed by atoms with Gasteiger partial charge >= 0.3 is 5.97 Å². The predicted molar refractivity (Wildman–Crippen MR) is 91.7 cm³/mol. The number of benzene rings is 2. The predicted octanol–water partition coefficient (Wildman–Crippen LogP) is 3.86. The summed E-state index contributed by atoms with van der Waals surface area (Å²) < 4.78 is 16.6. The van der Waals surface area contributed by atoms with Crippen LogP contribution in [0.15, 0.2) is 28.7 Å². The maximum Gasteiger partial charge on any atom is 0.309 e. The lowest BCUT2D eigenvalue weighted by Gasteiger charge is -2.11. The molecular weight excluding hydrogens is 360 g/mol. The number of halogens is 1. The Kier molecular flexibility index (Phi) is 4.87. The summed E-state index contributed by atoms with van der Waals surface area (Å²) in [7, 11) is 1.60. The minimum atomic E-state index is -0.104. The molecule has 2 aromatic rings. The SMILES string of the molecule is CCOC(=O)C1Cc2ccc3cc(OCOC)cc(Br)c3c2C1. The van der Waals surface area contributed by atoms with Crippen molar-refractivity contribution in [1.82, 2.24) is 0 Å².